The minimum Gasteiger partial charge on any atom is -0.497 e. The number of amides is 2. The molecule has 0 radical (unpaired) electrons. The molecule has 1 N–H and O–H groups in total. The van der Waals surface area contributed by atoms with Crippen LogP contribution in [0.5, 0.6) is 11.5 Å². The largest absolute Gasteiger partial charge is 0.497 e. The number of sulfonamides is 1. The number of methoxy groups -OCH3 is 2. The highest BCUT2D eigenvalue weighted by atomic mass is 32.2. The van der Waals surface area contributed by atoms with E-state index in [2.05, 4.69) is 5.32 Å². The number of aryl methyl sites for hydroxylation is 1. The van der Waals surface area contributed by atoms with Crippen molar-refractivity contribution < 1.29 is 27.5 Å². The highest BCUT2D eigenvalue weighted by molar-refractivity contribution is 7.92. The fraction of sp³-hybridized carbons (Fsp3) is 0.316. The monoisotopic (exact) mass is 669 g/mol. The van der Waals surface area contributed by atoms with Gasteiger partial charge in [-0.1, -0.05) is 79.1 Å². The van der Waals surface area contributed by atoms with E-state index in [4.69, 9.17) is 9.47 Å². The number of nitrogens with zero attached hydrogens (tertiary/aromatic N) is 2. The third kappa shape index (κ3) is 8.55. The second-order valence-corrected chi connectivity index (χ2v) is 14.0. The Morgan fingerprint density at radius 2 is 1.44 bits per heavy atom. The molecule has 1 fully saturated rings. The number of benzene rings is 4. The van der Waals surface area contributed by atoms with E-state index in [0.29, 0.717) is 11.5 Å². The summed E-state index contributed by atoms with van der Waals surface area (Å²) in [6.45, 7) is 1.39. The molecule has 0 aliphatic heterocycles. The summed E-state index contributed by atoms with van der Waals surface area (Å²) in [5.41, 5.74) is 2.78. The van der Waals surface area contributed by atoms with E-state index < -0.39 is 28.5 Å². The maximum atomic E-state index is 14.7. The Kier molecular flexibility index (Phi) is 11.4. The highest BCUT2D eigenvalue weighted by Gasteiger charge is 2.35. The molecule has 0 aromatic heterocycles. The molecule has 1 saturated carbocycles. The van der Waals surface area contributed by atoms with Gasteiger partial charge in [0.15, 0.2) is 0 Å². The summed E-state index contributed by atoms with van der Waals surface area (Å²) in [7, 11) is -1.16. The number of carbonyl (C=O) groups is 2. The van der Waals surface area contributed by atoms with Gasteiger partial charge in [-0.05, 0) is 67.3 Å². The van der Waals surface area contributed by atoms with Gasteiger partial charge in [0.2, 0.25) is 11.8 Å². The zero-order valence-electron chi connectivity index (χ0n) is 27.7. The molecule has 0 saturated heterocycles. The molecule has 0 spiro atoms. The van der Waals surface area contributed by atoms with Gasteiger partial charge in [0.1, 0.15) is 24.1 Å². The lowest BCUT2D eigenvalue weighted by molar-refractivity contribution is -0.140. The normalized spacial score (nSPS) is 13.8. The Morgan fingerprint density at radius 3 is 2.10 bits per heavy atom. The Balaban J connectivity index is 1.58. The molecule has 252 valence electrons. The first-order chi connectivity index (χ1) is 23.2. The van der Waals surface area contributed by atoms with Crippen molar-refractivity contribution in [2.24, 2.45) is 0 Å². The van der Waals surface area contributed by atoms with Crippen LogP contribution in [-0.4, -0.2) is 58.0 Å². The van der Waals surface area contributed by atoms with E-state index in [9.17, 15) is 18.0 Å². The summed E-state index contributed by atoms with van der Waals surface area (Å²) >= 11 is 0. The molecule has 0 bridgehead atoms. The maximum Gasteiger partial charge on any atom is 0.264 e. The van der Waals surface area contributed by atoms with Crippen LogP contribution in [0.2, 0.25) is 0 Å². The van der Waals surface area contributed by atoms with E-state index >= 15 is 0 Å². The molecule has 1 atom stereocenters. The molecular weight excluding hydrogens is 627 g/mol. The lowest BCUT2D eigenvalue weighted by Gasteiger charge is -2.34. The van der Waals surface area contributed by atoms with Crippen LogP contribution in [0.3, 0.4) is 0 Å². The van der Waals surface area contributed by atoms with Gasteiger partial charge in [0, 0.05) is 25.1 Å². The van der Waals surface area contributed by atoms with Crippen LogP contribution >= 0.6 is 0 Å². The minimum absolute atomic E-state index is 0.0275. The Bertz CT molecular complexity index is 1790. The second-order valence-electron chi connectivity index (χ2n) is 12.1. The van der Waals surface area contributed by atoms with E-state index in [-0.39, 0.29) is 35.5 Å². The summed E-state index contributed by atoms with van der Waals surface area (Å²) in [6.07, 6.45) is 4.08. The number of rotatable bonds is 14. The molecule has 0 unspecified atom stereocenters. The van der Waals surface area contributed by atoms with Crippen molar-refractivity contribution in [3.63, 3.8) is 0 Å². The molecule has 9 nitrogen and oxygen atoms in total. The number of ether oxygens (including phenoxy) is 2. The Labute approximate surface area is 283 Å². The average molecular weight is 670 g/mol. The highest BCUT2D eigenvalue weighted by Crippen LogP contribution is 2.28. The number of hydrogen-bond acceptors (Lipinski definition) is 6. The van der Waals surface area contributed by atoms with Gasteiger partial charge in [0.05, 0.1) is 24.8 Å². The Hall–Kier alpha value is -4.83. The van der Waals surface area contributed by atoms with Crippen molar-refractivity contribution in [2.45, 2.75) is 62.6 Å². The van der Waals surface area contributed by atoms with Crippen molar-refractivity contribution in [2.75, 3.05) is 25.1 Å². The van der Waals surface area contributed by atoms with Gasteiger partial charge in [-0.15, -0.1) is 0 Å². The molecule has 1 aliphatic rings. The van der Waals surface area contributed by atoms with Crippen LogP contribution in [0.25, 0.3) is 0 Å². The lowest BCUT2D eigenvalue weighted by Crippen LogP contribution is -2.54. The number of nitrogens with one attached hydrogen (secondary N) is 1. The van der Waals surface area contributed by atoms with Crippen LogP contribution in [0.15, 0.2) is 108 Å². The number of carbonyl (C=O) groups excluding carboxylic acids is 2. The molecule has 5 rings (SSSR count). The first kappa shape index (κ1) is 34.5. The fourth-order valence-corrected chi connectivity index (χ4v) is 7.43. The lowest BCUT2D eigenvalue weighted by atomic mass is 10.0. The predicted octanol–water partition coefficient (Wildman–Crippen LogP) is 5.91. The molecule has 48 heavy (non-hydrogen) atoms. The van der Waals surface area contributed by atoms with Crippen molar-refractivity contribution >= 4 is 27.5 Å². The number of anilines is 1. The maximum absolute atomic E-state index is 14.7. The molecule has 1 aliphatic carbocycles. The van der Waals surface area contributed by atoms with Crippen LogP contribution < -0.4 is 19.1 Å². The van der Waals surface area contributed by atoms with Crippen molar-refractivity contribution in [1.82, 2.24) is 10.2 Å². The van der Waals surface area contributed by atoms with Crippen LogP contribution in [0.4, 0.5) is 5.69 Å². The second kappa shape index (κ2) is 15.8. The third-order valence-corrected chi connectivity index (χ3v) is 10.5. The molecule has 4 aromatic carbocycles. The van der Waals surface area contributed by atoms with E-state index in [1.165, 1.54) is 24.1 Å². The first-order valence-corrected chi connectivity index (χ1v) is 17.6. The minimum atomic E-state index is -4.22. The first-order valence-electron chi connectivity index (χ1n) is 16.2. The third-order valence-electron chi connectivity index (χ3n) is 8.69. The van der Waals surface area contributed by atoms with Gasteiger partial charge in [-0.25, -0.2) is 8.42 Å². The van der Waals surface area contributed by atoms with E-state index in [1.54, 1.807) is 43.5 Å². The quantitative estimate of drug-likeness (QED) is 0.179. The van der Waals surface area contributed by atoms with Crippen molar-refractivity contribution in [1.29, 1.82) is 0 Å². The van der Waals surface area contributed by atoms with Crippen molar-refractivity contribution in [3.05, 3.63) is 120 Å². The van der Waals surface area contributed by atoms with Crippen LogP contribution in [-0.2, 0) is 32.6 Å². The summed E-state index contributed by atoms with van der Waals surface area (Å²) in [5.74, 6) is 0.250. The van der Waals surface area contributed by atoms with Crippen LogP contribution in [0, 0.1) is 6.92 Å². The summed E-state index contributed by atoms with van der Waals surface area (Å²) in [4.78, 5) is 30.4. The molecular formula is C38H43N3O6S. The topological polar surface area (TPSA) is 105 Å². The van der Waals surface area contributed by atoms with Crippen molar-refractivity contribution in [3.8, 4) is 11.5 Å². The predicted molar refractivity (Wildman–Crippen MR) is 187 cm³/mol. The van der Waals surface area contributed by atoms with Gasteiger partial charge >= 0.3 is 0 Å². The van der Waals surface area contributed by atoms with Gasteiger partial charge < -0.3 is 19.7 Å². The summed E-state index contributed by atoms with van der Waals surface area (Å²) < 4.78 is 40.5. The van der Waals surface area contributed by atoms with Gasteiger partial charge in [-0.3, -0.25) is 13.9 Å². The van der Waals surface area contributed by atoms with E-state index in [1.807, 2.05) is 61.5 Å². The fourth-order valence-electron chi connectivity index (χ4n) is 6.02. The van der Waals surface area contributed by atoms with Gasteiger partial charge in [0.25, 0.3) is 10.0 Å². The van der Waals surface area contributed by atoms with E-state index in [0.717, 1.165) is 46.7 Å². The average Bonchev–Trinajstić information content (AvgIpc) is 3.62. The molecule has 2 amide bonds. The molecule has 10 heteroatoms. The van der Waals surface area contributed by atoms with Gasteiger partial charge in [-0.2, -0.15) is 0 Å². The smallest absolute Gasteiger partial charge is 0.264 e. The number of hydrogen-bond donors (Lipinski definition) is 1. The molecule has 4 aromatic rings. The van der Waals surface area contributed by atoms with Crippen LogP contribution in [0.1, 0.15) is 42.4 Å². The summed E-state index contributed by atoms with van der Waals surface area (Å²) in [5, 5.41) is 3.20. The zero-order valence-corrected chi connectivity index (χ0v) is 28.5. The molecule has 0 heterocycles. The standard InChI is InChI=1S/C38H43N3O6S/c1-28-19-21-35(22-20-28)48(44,45)41(32-16-10-18-34(25-32)47-3)27-37(42)40(26-30-13-9-17-33(23-30)46-2)36(24-29-11-5-4-6-12-29)38(43)39-31-14-7-8-15-31/h4-6,9-13,16-23,25,31,36H,7-8,14-15,24,26-27H2,1-3H3,(H,39,43)/t36-/m1/s1. The summed E-state index contributed by atoms with van der Waals surface area (Å²) in [6, 6.07) is 29.1. The SMILES string of the molecule is COc1cccc(CN(C(=O)CN(c2cccc(OC)c2)S(=O)(=O)c2ccc(C)cc2)[C@H](Cc2ccccc2)C(=O)NC2CCCC2)c1. The zero-order chi connectivity index (χ0) is 34.1. The Morgan fingerprint density at radius 1 is 0.812 bits per heavy atom.